The van der Waals surface area contributed by atoms with Crippen LogP contribution in [0, 0.1) is 0 Å². The van der Waals surface area contributed by atoms with Crippen molar-refractivity contribution in [1.82, 2.24) is 0 Å². The van der Waals surface area contributed by atoms with Crippen LogP contribution in [0.2, 0.25) is 0 Å². The Kier molecular flexibility index (Phi) is 7.47. The third-order valence-corrected chi connectivity index (χ3v) is 3.04. The monoisotopic (exact) mass is 326 g/mol. The average Bonchev–Trinajstić information content (AvgIpc) is 2.43. The number of carbonyl (C=O) groups excluding carboxylic acids is 3. The van der Waals surface area contributed by atoms with Crippen molar-refractivity contribution in [2.24, 2.45) is 0 Å². The van der Waals surface area contributed by atoms with Crippen LogP contribution >= 0.6 is 0 Å². The van der Waals surface area contributed by atoms with E-state index in [0.717, 1.165) is 6.08 Å². The standard InChI is InChI=1S/C16H22O7/c1-10-5-4-6-14(18)22-11(2)9-16(20)23-12(3)13(17)7-8-15(19)21-10/h4,6-8,10-13,17H,5,9H2,1-3H3. The van der Waals surface area contributed by atoms with Crippen LogP contribution < -0.4 is 0 Å². The highest BCUT2D eigenvalue weighted by atomic mass is 16.6. The van der Waals surface area contributed by atoms with Gasteiger partial charge in [-0.05, 0) is 26.8 Å². The van der Waals surface area contributed by atoms with Crippen molar-refractivity contribution in [3.63, 3.8) is 0 Å². The van der Waals surface area contributed by atoms with Crippen LogP contribution in [0.25, 0.3) is 0 Å². The van der Waals surface area contributed by atoms with Crippen LogP contribution in [0.15, 0.2) is 24.3 Å². The first-order valence-corrected chi connectivity index (χ1v) is 7.41. The molecule has 0 saturated carbocycles. The summed E-state index contributed by atoms with van der Waals surface area (Å²) < 4.78 is 15.1. The highest BCUT2D eigenvalue weighted by Gasteiger charge is 2.20. The maximum Gasteiger partial charge on any atom is 0.330 e. The van der Waals surface area contributed by atoms with Gasteiger partial charge >= 0.3 is 17.9 Å². The molecule has 0 saturated heterocycles. The maximum atomic E-state index is 11.7. The molecule has 7 nitrogen and oxygen atoms in total. The number of aliphatic hydroxyl groups is 1. The van der Waals surface area contributed by atoms with Gasteiger partial charge in [0.25, 0.3) is 0 Å². The van der Waals surface area contributed by atoms with E-state index in [1.807, 2.05) is 0 Å². The summed E-state index contributed by atoms with van der Waals surface area (Å²) in [5.74, 6) is -1.84. The second-order valence-corrected chi connectivity index (χ2v) is 5.38. The summed E-state index contributed by atoms with van der Waals surface area (Å²) in [6, 6.07) is 0. The Balaban J connectivity index is 2.82. The van der Waals surface area contributed by atoms with E-state index >= 15 is 0 Å². The lowest BCUT2D eigenvalue weighted by Crippen LogP contribution is -2.29. The first-order chi connectivity index (χ1) is 10.8. The van der Waals surface area contributed by atoms with Crippen molar-refractivity contribution >= 4 is 17.9 Å². The molecule has 1 heterocycles. The first kappa shape index (κ1) is 18.9. The van der Waals surface area contributed by atoms with E-state index in [2.05, 4.69) is 0 Å². The topological polar surface area (TPSA) is 99.1 Å². The van der Waals surface area contributed by atoms with Gasteiger partial charge in [0.1, 0.15) is 24.4 Å². The summed E-state index contributed by atoms with van der Waals surface area (Å²) in [6.45, 7) is 4.74. The van der Waals surface area contributed by atoms with Gasteiger partial charge in [-0.25, -0.2) is 9.59 Å². The van der Waals surface area contributed by atoms with E-state index in [4.69, 9.17) is 14.2 Å². The third kappa shape index (κ3) is 7.60. The molecule has 23 heavy (non-hydrogen) atoms. The fraction of sp³-hybridized carbons (Fsp3) is 0.562. The molecule has 0 aromatic heterocycles. The Hall–Kier alpha value is -2.15. The SMILES string of the molecule is CC1CC=CC(=O)OC(C)CC(=O)OC(C)C(O)C=CC(=O)O1. The summed E-state index contributed by atoms with van der Waals surface area (Å²) in [6.07, 6.45) is 2.17. The lowest BCUT2D eigenvalue weighted by molar-refractivity contribution is -0.157. The van der Waals surface area contributed by atoms with Crippen LogP contribution in [-0.2, 0) is 28.6 Å². The fourth-order valence-corrected chi connectivity index (χ4v) is 1.81. The van der Waals surface area contributed by atoms with Crippen molar-refractivity contribution in [1.29, 1.82) is 0 Å². The molecular weight excluding hydrogens is 304 g/mol. The van der Waals surface area contributed by atoms with Crippen molar-refractivity contribution in [2.45, 2.75) is 58.0 Å². The Bertz CT molecular complexity index is 495. The highest BCUT2D eigenvalue weighted by molar-refractivity contribution is 5.83. The smallest absolute Gasteiger partial charge is 0.330 e. The molecule has 0 amide bonds. The van der Waals surface area contributed by atoms with Crippen molar-refractivity contribution < 1.29 is 33.7 Å². The molecule has 1 N–H and O–H groups in total. The van der Waals surface area contributed by atoms with Crippen molar-refractivity contribution in [2.75, 3.05) is 0 Å². The second kappa shape index (κ2) is 9.09. The minimum atomic E-state index is -1.15. The molecule has 4 unspecified atom stereocenters. The molecule has 0 aliphatic carbocycles. The van der Waals surface area contributed by atoms with Crippen molar-refractivity contribution in [3.8, 4) is 0 Å². The molecule has 1 aliphatic rings. The Labute approximate surface area is 134 Å². The van der Waals surface area contributed by atoms with Gasteiger partial charge in [-0.1, -0.05) is 6.08 Å². The predicted molar refractivity (Wildman–Crippen MR) is 80.2 cm³/mol. The molecule has 0 aromatic rings. The number of esters is 3. The van der Waals surface area contributed by atoms with E-state index < -0.39 is 42.3 Å². The zero-order valence-corrected chi connectivity index (χ0v) is 13.4. The van der Waals surface area contributed by atoms with E-state index in [1.165, 1.54) is 25.2 Å². The van der Waals surface area contributed by atoms with Gasteiger partial charge < -0.3 is 19.3 Å². The zero-order chi connectivity index (χ0) is 17.4. The number of cyclic esters (lactones) is 3. The van der Waals surface area contributed by atoms with Crippen LogP contribution in [0.5, 0.6) is 0 Å². The Morgan fingerprint density at radius 2 is 1.57 bits per heavy atom. The molecule has 128 valence electrons. The van der Waals surface area contributed by atoms with E-state index in [-0.39, 0.29) is 6.42 Å². The number of hydrogen-bond donors (Lipinski definition) is 1. The molecule has 4 atom stereocenters. The average molecular weight is 326 g/mol. The van der Waals surface area contributed by atoms with Gasteiger partial charge in [-0.3, -0.25) is 4.79 Å². The largest absolute Gasteiger partial charge is 0.459 e. The highest BCUT2D eigenvalue weighted by Crippen LogP contribution is 2.08. The van der Waals surface area contributed by atoms with E-state index in [0.29, 0.717) is 6.42 Å². The summed E-state index contributed by atoms with van der Waals surface area (Å²) >= 11 is 0. The van der Waals surface area contributed by atoms with Gasteiger partial charge in [0.15, 0.2) is 0 Å². The summed E-state index contributed by atoms with van der Waals surface area (Å²) in [5, 5.41) is 9.83. The lowest BCUT2D eigenvalue weighted by atomic mass is 10.2. The Morgan fingerprint density at radius 1 is 0.957 bits per heavy atom. The fourth-order valence-electron chi connectivity index (χ4n) is 1.81. The number of ether oxygens (including phenoxy) is 3. The lowest BCUT2D eigenvalue weighted by Gasteiger charge is -2.18. The van der Waals surface area contributed by atoms with Gasteiger partial charge in [-0.15, -0.1) is 0 Å². The summed E-state index contributed by atoms with van der Waals surface area (Å²) in [4.78, 5) is 34.8. The third-order valence-electron chi connectivity index (χ3n) is 3.04. The van der Waals surface area contributed by atoms with Crippen LogP contribution in [0.4, 0.5) is 0 Å². The zero-order valence-electron chi connectivity index (χ0n) is 13.4. The van der Waals surface area contributed by atoms with Gasteiger partial charge in [0, 0.05) is 18.6 Å². The minimum absolute atomic E-state index is 0.126. The van der Waals surface area contributed by atoms with Gasteiger partial charge in [-0.2, -0.15) is 0 Å². The number of aliphatic hydroxyl groups excluding tert-OH is 1. The normalized spacial score (nSPS) is 31.2. The Morgan fingerprint density at radius 3 is 2.26 bits per heavy atom. The number of carbonyl (C=O) groups is 3. The summed E-state index contributed by atoms with van der Waals surface area (Å²) in [5.41, 5.74) is 0. The minimum Gasteiger partial charge on any atom is -0.459 e. The molecule has 1 aliphatic heterocycles. The molecule has 0 radical (unpaired) electrons. The molecule has 0 bridgehead atoms. The van der Waals surface area contributed by atoms with E-state index in [9.17, 15) is 19.5 Å². The first-order valence-electron chi connectivity index (χ1n) is 7.41. The molecule has 1 rings (SSSR count). The molecule has 0 spiro atoms. The van der Waals surface area contributed by atoms with Crippen molar-refractivity contribution in [3.05, 3.63) is 24.3 Å². The molecule has 7 heteroatoms. The molecule has 0 aromatic carbocycles. The maximum absolute atomic E-state index is 11.7. The van der Waals surface area contributed by atoms with Gasteiger partial charge in [0.05, 0.1) is 6.42 Å². The van der Waals surface area contributed by atoms with E-state index in [1.54, 1.807) is 13.8 Å². The molecule has 0 fully saturated rings. The predicted octanol–water partition coefficient (Wildman–Crippen LogP) is 1.05. The van der Waals surface area contributed by atoms with Crippen LogP contribution in [-0.4, -0.2) is 47.4 Å². The van der Waals surface area contributed by atoms with Crippen LogP contribution in [0.1, 0.15) is 33.6 Å². The van der Waals surface area contributed by atoms with Gasteiger partial charge in [0.2, 0.25) is 0 Å². The molecular formula is C16H22O7. The second-order valence-electron chi connectivity index (χ2n) is 5.38. The summed E-state index contributed by atoms with van der Waals surface area (Å²) in [7, 11) is 0. The number of rotatable bonds is 0. The quantitative estimate of drug-likeness (QED) is 0.524. The van der Waals surface area contributed by atoms with Crippen LogP contribution in [0.3, 0.4) is 0 Å². The number of hydrogen-bond acceptors (Lipinski definition) is 7.